The Morgan fingerprint density at radius 1 is 1.00 bits per heavy atom. The van der Waals surface area contributed by atoms with E-state index in [4.69, 9.17) is 4.42 Å². The number of unbranched alkanes of at least 4 members (excludes halogenated alkanes) is 2. The smallest absolute Gasteiger partial charge is 0.189 e. The van der Waals surface area contributed by atoms with Gasteiger partial charge in [-0.25, -0.2) is 0 Å². The van der Waals surface area contributed by atoms with Crippen LogP contribution in [0.3, 0.4) is 0 Å². The van der Waals surface area contributed by atoms with E-state index >= 15 is 0 Å². The summed E-state index contributed by atoms with van der Waals surface area (Å²) in [7, 11) is 0. The fourth-order valence-corrected chi connectivity index (χ4v) is 4.04. The third kappa shape index (κ3) is 8.41. The van der Waals surface area contributed by atoms with Crippen LogP contribution in [-0.4, -0.2) is 44.8 Å². The van der Waals surface area contributed by atoms with Crippen molar-refractivity contribution in [2.24, 2.45) is 4.99 Å². The molecule has 3 rings (SSSR count). The summed E-state index contributed by atoms with van der Waals surface area (Å²) in [6, 6.07) is 5.48. The van der Waals surface area contributed by atoms with E-state index in [1.54, 1.807) is 0 Å². The Bertz CT molecular complexity index is 1310. The Hall–Kier alpha value is -3.72. The molecule has 9 nitrogen and oxygen atoms in total. The summed E-state index contributed by atoms with van der Waals surface area (Å²) in [6.07, 6.45) is 6.17. The van der Waals surface area contributed by atoms with Crippen molar-refractivity contribution < 1.29 is 35.3 Å². The number of phenolic OH excluding ortho intramolecular Hbond substituents is 4. The molecule has 38 heavy (non-hydrogen) atoms. The maximum atomic E-state index is 12.1. The van der Waals surface area contributed by atoms with Crippen molar-refractivity contribution >= 4 is 16.7 Å². The molecule has 0 aliphatic carbocycles. The average Bonchev–Trinajstić information content (AvgIpc) is 2.83. The predicted octanol–water partition coefficient (Wildman–Crippen LogP) is 4.14. The number of hydrogen-bond donors (Lipinski definition) is 5. The van der Waals surface area contributed by atoms with Crippen LogP contribution in [0.2, 0.25) is 0 Å². The van der Waals surface area contributed by atoms with E-state index in [0.717, 1.165) is 37.2 Å². The van der Waals surface area contributed by atoms with Gasteiger partial charge in [-0.2, -0.15) is 0 Å². The second-order valence-corrected chi connectivity index (χ2v) is 10.1. The number of nitrogens with two attached hydrogens (primary N) is 1. The van der Waals surface area contributed by atoms with Crippen LogP contribution in [-0.2, 0) is 0 Å². The van der Waals surface area contributed by atoms with E-state index < -0.39 is 28.4 Å². The van der Waals surface area contributed by atoms with Crippen LogP contribution < -0.4 is 15.9 Å². The molecule has 0 spiro atoms. The van der Waals surface area contributed by atoms with Gasteiger partial charge in [0.1, 0.15) is 28.2 Å². The lowest BCUT2D eigenvalue weighted by Gasteiger charge is -2.22. The highest BCUT2D eigenvalue weighted by molar-refractivity contribution is 5.88. The third-order valence-corrected chi connectivity index (χ3v) is 6.01. The monoisotopic (exact) mass is 528 g/mol. The molecule has 0 aliphatic rings. The first-order chi connectivity index (χ1) is 17.9. The standard InChI is InChI=1S/C15H10O7.C14H30N2/c16-7-4-10(19)12-11(5-7)22-15(14(21)13(12)20)6-1-2-8(17)9(18)3-6;1-6-8-10-15-13(3)12-14(4,5)16-11-9-7-2/h1-5,16-19,21H;16H,6-12H2,1-5H3. The van der Waals surface area contributed by atoms with Gasteiger partial charge in [0.25, 0.3) is 0 Å². The molecule has 0 aliphatic heterocycles. The summed E-state index contributed by atoms with van der Waals surface area (Å²) in [4.78, 5) is 16.7. The molecule has 0 unspecified atom stereocenters. The van der Waals surface area contributed by atoms with Gasteiger partial charge in [-0.15, -0.1) is 0 Å². The zero-order valence-corrected chi connectivity index (χ0v) is 22.9. The Morgan fingerprint density at radius 2 is 1.68 bits per heavy atom. The number of aromatic hydroxyl groups is 4. The minimum Gasteiger partial charge on any atom is -0.867 e. The molecule has 0 saturated carbocycles. The third-order valence-electron chi connectivity index (χ3n) is 6.01. The SMILES string of the molecule is CCCCN=C(C)CC(C)(C)[NH2+]CCCC.O=c1c([O-])c(-c2ccc(O)c(O)c2)oc2cc(O)cc(O)c12. The van der Waals surface area contributed by atoms with Gasteiger partial charge in [-0.1, -0.05) is 26.7 Å². The fraction of sp³-hybridized carbons (Fsp3) is 0.448. The van der Waals surface area contributed by atoms with Gasteiger partial charge < -0.3 is 35.3 Å². The van der Waals surface area contributed by atoms with E-state index in [1.807, 2.05) is 0 Å². The van der Waals surface area contributed by atoms with E-state index in [-0.39, 0.29) is 28.0 Å². The van der Waals surface area contributed by atoms with Gasteiger partial charge in [-0.05, 0) is 57.6 Å². The lowest BCUT2D eigenvalue weighted by molar-refractivity contribution is -0.719. The van der Waals surface area contributed by atoms with Crippen LogP contribution >= 0.6 is 0 Å². The van der Waals surface area contributed by atoms with Gasteiger partial charge in [-0.3, -0.25) is 9.79 Å². The number of nitrogens with zero attached hydrogens (tertiary/aromatic N) is 1. The van der Waals surface area contributed by atoms with Crippen molar-refractivity contribution in [3.05, 3.63) is 40.6 Å². The molecule has 208 valence electrons. The molecule has 0 amide bonds. The second kappa shape index (κ2) is 13.7. The molecule has 0 atom stereocenters. The number of rotatable bonds is 10. The van der Waals surface area contributed by atoms with Crippen molar-refractivity contribution in [1.82, 2.24) is 0 Å². The maximum absolute atomic E-state index is 12.1. The molecule has 3 aromatic rings. The topological polar surface area (TPSA) is 163 Å². The summed E-state index contributed by atoms with van der Waals surface area (Å²) < 4.78 is 5.29. The minimum atomic E-state index is -1.02. The molecule has 1 aromatic heterocycles. The van der Waals surface area contributed by atoms with Gasteiger partial charge in [0, 0.05) is 36.4 Å². The first-order valence-corrected chi connectivity index (χ1v) is 13.0. The van der Waals surface area contributed by atoms with Crippen molar-refractivity contribution in [2.75, 3.05) is 13.1 Å². The van der Waals surface area contributed by atoms with Crippen LogP contribution in [0.15, 0.2) is 44.5 Å². The summed E-state index contributed by atoms with van der Waals surface area (Å²) in [5, 5.41) is 52.1. The van der Waals surface area contributed by atoms with Crippen molar-refractivity contribution in [3.8, 4) is 40.1 Å². The normalized spacial score (nSPS) is 11.9. The van der Waals surface area contributed by atoms with Crippen molar-refractivity contribution in [3.63, 3.8) is 0 Å². The number of benzene rings is 2. The molecule has 9 heteroatoms. The average molecular weight is 529 g/mol. The maximum Gasteiger partial charge on any atom is 0.189 e. The Labute approximate surface area is 223 Å². The van der Waals surface area contributed by atoms with E-state index in [0.29, 0.717) is 5.54 Å². The highest BCUT2D eigenvalue weighted by Crippen LogP contribution is 2.36. The van der Waals surface area contributed by atoms with Crippen LogP contribution in [0, 0.1) is 0 Å². The Morgan fingerprint density at radius 3 is 2.32 bits per heavy atom. The lowest BCUT2D eigenvalue weighted by atomic mass is 9.97. The molecular formula is C29H40N2O7. The zero-order chi connectivity index (χ0) is 28.5. The number of quaternary nitrogens is 1. The highest BCUT2D eigenvalue weighted by Gasteiger charge is 2.21. The lowest BCUT2D eigenvalue weighted by Crippen LogP contribution is -2.95. The van der Waals surface area contributed by atoms with E-state index in [2.05, 4.69) is 44.9 Å². The van der Waals surface area contributed by atoms with E-state index in [9.17, 15) is 30.3 Å². The van der Waals surface area contributed by atoms with Crippen molar-refractivity contribution in [2.45, 2.75) is 72.3 Å². The molecule has 0 radical (unpaired) electrons. The van der Waals surface area contributed by atoms with Gasteiger partial charge in [0.2, 0.25) is 0 Å². The van der Waals surface area contributed by atoms with E-state index in [1.165, 1.54) is 44.0 Å². The molecular weight excluding hydrogens is 488 g/mol. The van der Waals surface area contributed by atoms with Crippen molar-refractivity contribution in [1.29, 1.82) is 0 Å². The van der Waals surface area contributed by atoms with Crippen LogP contribution in [0.1, 0.15) is 66.7 Å². The summed E-state index contributed by atoms with van der Waals surface area (Å²) in [6.45, 7) is 13.5. The predicted molar refractivity (Wildman–Crippen MR) is 147 cm³/mol. The summed E-state index contributed by atoms with van der Waals surface area (Å²) >= 11 is 0. The largest absolute Gasteiger partial charge is 0.867 e. The fourth-order valence-electron chi connectivity index (χ4n) is 4.04. The number of phenols is 4. The molecule has 1 heterocycles. The summed E-state index contributed by atoms with van der Waals surface area (Å²) in [5.74, 6) is -3.18. The highest BCUT2D eigenvalue weighted by atomic mass is 16.4. The molecule has 0 bridgehead atoms. The van der Waals surface area contributed by atoms with Gasteiger partial charge in [0.15, 0.2) is 16.9 Å². The Balaban J connectivity index is 0.000000284. The first kappa shape index (κ1) is 30.5. The second-order valence-electron chi connectivity index (χ2n) is 10.1. The number of fused-ring (bicyclic) bond motifs is 1. The first-order valence-electron chi connectivity index (χ1n) is 13.0. The summed E-state index contributed by atoms with van der Waals surface area (Å²) in [5.41, 5.74) is 0.522. The van der Waals surface area contributed by atoms with Gasteiger partial charge in [0.05, 0.1) is 12.1 Å². The number of hydrogen-bond acceptors (Lipinski definition) is 8. The molecule has 2 aromatic carbocycles. The molecule has 6 N–H and O–H groups in total. The Kier molecular flexibility index (Phi) is 11.0. The quantitative estimate of drug-likeness (QED) is 0.150. The zero-order valence-electron chi connectivity index (χ0n) is 22.9. The molecule has 0 fully saturated rings. The van der Waals surface area contributed by atoms with Gasteiger partial charge >= 0.3 is 0 Å². The number of aliphatic imine (C=N–C) groups is 1. The minimum absolute atomic E-state index is 0.0714. The van der Waals surface area contributed by atoms with Crippen LogP contribution in [0.25, 0.3) is 22.3 Å². The van der Waals surface area contributed by atoms with Crippen LogP contribution in [0.4, 0.5) is 0 Å². The molecule has 0 saturated heterocycles. The van der Waals surface area contributed by atoms with Crippen LogP contribution in [0.5, 0.6) is 28.7 Å².